The highest BCUT2D eigenvalue weighted by molar-refractivity contribution is 6.31. The Balaban J connectivity index is 1.31. The van der Waals surface area contributed by atoms with Crippen LogP contribution >= 0.6 is 11.6 Å². The van der Waals surface area contributed by atoms with Crippen LogP contribution in [-0.2, 0) is 19.1 Å². The Morgan fingerprint density at radius 2 is 1.93 bits per heavy atom. The molecule has 0 spiro atoms. The molecule has 2 aliphatic carbocycles. The molecule has 242 valence electrons. The zero-order valence-electron chi connectivity index (χ0n) is 26.5. The number of hydrogen-bond donors (Lipinski definition) is 1. The topological polar surface area (TPSA) is 120 Å². The number of unbranched alkanes of at least 4 members (excludes halogenated alkanes) is 1. The Hall–Kier alpha value is -3.66. The number of alkyl carbamates (subject to hydrolysis) is 1. The average Bonchev–Trinajstić information content (AvgIpc) is 3.49. The smallest absolute Gasteiger partial charge is 0.408 e. The predicted octanol–water partition coefficient (Wildman–Crippen LogP) is 5.97. The lowest BCUT2D eigenvalue weighted by atomic mass is 9.85. The van der Waals surface area contributed by atoms with E-state index < -0.39 is 41.6 Å². The summed E-state index contributed by atoms with van der Waals surface area (Å²) in [5.41, 5.74) is 0.904. The van der Waals surface area contributed by atoms with E-state index in [1.165, 1.54) is 24.5 Å². The number of benzene rings is 1. The highest BCUT2D eigenvalue weighted by Crippen LogP contribution is 2.57. The van der Waals surface area contributed by atoms with Gasteiger partial charge in [0.15, 0.2) is 0 Å². The van der Waals surface area contributed by atoms with Crippen molar-refractivity contribution in [2.75, 3.05) is 13.7 Å². The SMILES string of the molecule is C=CCCC[C@@H]1[C@H]2C[C@H]2C[C@H]1OC(=O)N[C@H](C(=O)N1C[C@H](Oc2nc3cc(Cl)ccc3nc2C=C)C[C@H]1C(=O)OC)C(C)(C)C. The number of fused-ring (bicyclic) bond motifs is 2. The maximum absolute atomic E-state index is 14.2. The molecule has 2 amide bonds. The standard InChI is InChI=1S/C34H43ClN4O6/c1-7-9-10-11-22-23-14-19(23)15-28(22)45-33(42)38-29(34(3,4)5)31(40)39-18-21(17-27(39)32(41)43-6)44-30-24(8-2)36-25-13-12-20(35)16-26(25)37-30/h7-8,12-13,16,19,21-23,27-29H,1-2,9-11,14-15,17-18H2,3-6H3,(H,38,42)/t19-,21+,22+,23-,27-,28+,29+/m0/s1. The normalized spacial score (nSPS) is 26.1. The molecule has 5 rings (SSSR count). The molecule has 45 heavy (non-hydrogen) atoms. The van der Waals surface area contributed by atoms with Crippen LogP contribution in [0.4, 0.5) is 4.79 Å². The van der Waals surface area contributed by atoms with Crippen molar-refractivity contribution in [2.24, 2.45) is 23.2 Å². The van der Waals surface area contributed by atoms with E-state index in [1.807, 2.05) is 26.8 Å². The first-order valence-electron chi connectivity index (χ1n) is 15.7. The second-order valence-electron chi connectivity index (χ2n) is 13.4. The minimum atomic E-state index is -0.961. The van der Waals surface area contributed by atoms with Gasteiger partial charge in [-0.1, -0.05) is 45.0 Å². The molecule has 2 aromatic rings. The molecule has 1 N–H and O–H groups in total. The highest BCUT2D eigenvalue weighted by Gasteiger charge is 2.54. The summed E-state index contributed by atoms with van der Waals surface area (Å²) < 4.78 is 17.3. The van der Waals surface area contributed by atoms with E-state index in [1.54, 1.807) is 18.2 Å². The first kappa shape index (κ1) is 32.7. The summed E-state index contributed by atoms with van der Waals surface area (Å²) in [5, 5.41) is 3.36. The van der Waals surface area contributed by atoms with Gasteiger partial charge >= 0.3 is 12.1 Å². The quantitative estimate of drug-likeness (QED) is 0.182. The molecule has 2 saturated carbocycles. The number of allylic oxidation sites excluding steroid dienone is 1. The summed E-state index contributed by atoms with van der Waals surface area (Å²) >= 11 is 6.16. The summed E-state index contributed by atoms with van der Waals surface area (Å²) in [7, 11) is 1.28. The Morgan fingerprint density at radius 3 is 2.62 bits per heavy atom. The number of carbonyl (C=O) groups is 3. The number of rotatable bonds is 11. The van der Waals surface area contributed by atoms with Gasteiger partial charge in [-0.2, -0.15) is 0 Å². The molecule has 0 unspecified atom stereocenters. The summed E-state index contributed by atoms with van der Waals surface area (Å²) in [6.07, 6.45) is 7.23. The fourth-order valence-electron chi connectivity index (χ4n) is 6.84. The van der Waals surface area contributed by atoms with Crippen molar-refractivity contribution in [3.63, 3.8) is 0 Å². The third-order valence-corrected chi connectivity index (χ3v) is 9.46. The molecule has 1 aromatic carbocycles. The van der Waals surface area contributed by atoms with Gasteiger partial charge in [0.25, 0.3) is 0 Å². The van der Waals surface area contributed by atoms with Crippen molar-refractivity contribution in [1.82, 2.24) is 20.2 Å². The van der Waals surface area contributed by atoms with Crippen LogP contribution in [0.2, 0.25) is 5.02 Å². The highest BCUT2D eigenvalue weighted by atomic mass is 35.5. The van der Waals surface area contributed by atoms with E-state index in [4.69, 9.17) is 25.8 Å². The number of amides is 2. The molecule has 0 radical (unpaired) electrons. The van der Waals surface area contributed by atoms with Gasteiger partial charge in [-0.05, 0) is 79.5 Å². The number of halogens is 1. The molecule has 1 saturated heterocycles. The van der Waals surface area contributed by atoms with Crippen LogP contribution in [-0.4, -0.2) is 70.8 Å². The molecule has 11 heteroatoms. The molecule has 2 heterocycles. The number of ether oxygens (including phenoxy) is 3. The van der Waals surface area contributed by atoms with Crippen LogP contribution < -0.4 is 10.1 Å². The van der Waals surface area contributed by atoms with E-state index >= 15 is 0 Å². The van der Waals surface area contributed by atoms with Crippen LogP contribution in [0.25, 0.3) is 17.1 Å². The number of esters is 1. The van der Waals surface area contributed by atoms with Crippen molar-refractivity contribution < 1.29 is 28.6 Å². The number of hydrogen-bond acceptors (Lipinski definition) is 8. The molecule has 0 bridgehead atoms. The number of methoxy groups -OCH3 is 1. The van der Waals surface area contributed by atoms with E-state index in [0.717, 1.165) is 25.7 Å². The minimum Gasteiger partial charge on any atom is -0.471 e. The second-order valence-corrected chi connectivity index (χ2v) is 13.9. The van der Waals surface area contributed by atoms with Gasteiger partial charge in [0, 0.05) is 11.4 Å². The van der Waals surface area contributed by atoms with Crippen LogP contribution in [0.1, 0.15) is 65.0 Å². The zero-order chi connectivity index (χ0) is 32.5. The largest absolute Gasteiger partial charge is 0.471 e. The Bertz CT molecular complexity index is 1470. The molecule has 3 aliphatic rings. The maximum Gasteiger partial charge on any atom is 0.408 e. The van der Waals surface area contributed by atoms with E-state index in [0.29, 0.717) is 39.5 Å². The number of likely N-dealkylation sites (tertiary alicyclic amines) is 1. The van der Waals surface area contributed by atoms with Crippen LogP contribution in [0.3, 0.4) is 0 Å². The Kier molecular flexibility index (Phi) is 9.72. The monoisotopic (exact) mass is 638 g/mol. The van der Waals surface area contributed by atoms with Gasteiger partial charge in [0.2, 0.25) is 11.8 Å². The first-order valence-corrected chi connectivity index (χ1v) is 16.0. The lowest BCUT2D eigenvalue weighted by Crippen LogP contribution is -2.57. The molecule has 1 aliphatic heterocycles. The first-order chi connectivity index (χ1) is 21.4. The van der Waals surface area contributed by atoms with Gasteiger partial charge in [0.05, 0.1) is 24.7 Å². The van der Waals surface area contributed by atoms with Crippen molar-refractivity contribution >= 4 is 46.7 Å². The number of carbonyl (C=O) groups excluding carboxylic acids is 3. The Labute approximate surface area is 269 Å². The number of aromatic nitrogens is 2. The summed E-state index contributed by atoms with van der Waals surface area (Å²) in [5.74, 6) is 0.787. The van der Waals surface area contributed by atoms with Gasteiger partial charge < -0.3 is 24.4 Å². The molecular weight excluding hydrogens is 596 g/mol. The van der Waals surface area contributed by atoms with Crippen LogP contribution in [0, 0.1) is 23.2 Å². The molecule has 10 nitrogen and oxygen atoms in total. The van der Waals surface area contributed by atoms with Crippen molar-refractivity contribution in [2.45, 2.75) is 83.6 Å². The van der Waals surface area contributed by atoms with Crippen molar-refractivity contribution in [3.05, 3.63) is 48.1 Å². The summed E-state index contributed by atoms with van der Waals surface area (Å²) in [4.78, 5) is 50.9. The molecule has 1 aromatic heterocycles. The van der Waals surface area contributed by atoms with Crippen molar-refractivity contribution in [1.29, 1.82) is 0 Å². The predicted molar refractivity (Wildman–Crippen MR) is 172 cm³/mol. The van der Waals surface area contributed by atoms with Gasteiger partial charge in [-0.25, -0.2) is 19.6 Å². The third kappa shape index (κ3) is 7.27. The zero-order valence-corrected chi connectivity index (χ0v) is 27.2. The van der Waals surface area contributed by atoms with E-state index in [2.05, 4.69) is 28.4 Å². The lowest BCUT2D eigenvalue weighted by Gasteiger charge is -2.35. The minimum absolute atomic E-state index is 0.0745. The fraction of sp³-hybridized carbons (Fsp3) is 0.559. The summed E-state index contributed by atoms with van der Waals surface area (Å²) in [6, 6.07) is 3.29. The third-order valence-electron chi connectivity index (χ3n) is 9.23. The van der Waals surface area contributed by atoms with Gasteiger partial charge in [-0.3, -0.25) is 4.79 Å². The second kappa shape index (κ2) is 13.4. The molecule has 3 fully saturated rings. The number of nitrogens with zero attached hydrogens (tertiary/aromatic N) is 3. The average molecular weight is 639 g/mol. The van der Waals surface area contributed by atoms with Crippen LogP contribution in [0.5, 0.6) is 5.88 Å². The number of nitrogens with one attached hydrogen (secondary N) is 1. The lowest BCUT2D eigenvalue weighted by molar-refractivity contribution is -0.152. The van der Waals surface area contributed by atoms with E-state index in [-0.39, 0.29) is 24.9 Å². The van der Waals surface area contributed by atoms with E-state index in [9.17, 15) is 14.4 Å². The fourth-order valence-corrected chi connectivity index (χ4v) is 7.01. The Morgan fingerprint density at radius 1 is 1.16 bits per heavy atom. The molecule has 7 atom stereocenters. The van der Waals surface area contributed by atoms with Crippen LogP contribution in [0.15, 0.2) is 37.4 Å². The summed E-state index contributed by atoms with van der Waals surface area (Å²) in [6.45, 7) is 13.3. The van der Waals surface area contributed by atoms with Gasteiger partial charge in [-0.15, -0.1) is 6.58 Å². The maximum atomic E-state index is 14.2. The van der Waals surface area contributed by atoms with Crippen molar-refractivity contribution in [3.8, 4) is 5.88 Å². The molecular formula is C34H43ClN4O6. The van der Waals surface area contributed by atoms with Gasteiger partial charge in [0.1, 0.15) is 30.0 Å².